The predicted octanol–water partition coefficient (Wildman–Crippen LogP) is 12.8. The molecular formula is C67H24O2. The normalized spacial score (nSPS) is 39.5. The van der Waals surface area contributed by atoms with Gasteiger partial charge in [0.1, 0.15) is 0 Å². The summed E-state index contributed by atoms with van der Waals surface area (Å²) >= 11 is 0. The summed E-state index contributed by atoms with van der Waals surface area (Å²) < 4.78 is 0. The van der Waals surface area contributed by atoms with Crippen LogP contribution in [0.5, 0.6) is 0 Å². The first kappa shape index (κ1) is 27.2. The Bertz CT molecular complexity index is 6170. The lowest BCUT2D eigenvalue weighted by Crippen LogP contribution is -2.66. The van der Waals surface area contributed by atoms with E-state index in [-0.39, 0.29) is 39.3 Å². The minimum absolute atomic E-state index is 0.0208. The van der Waals surface area contributed by atoms with Gasteiger partial charge in [0.25, 0.3) is 0 Å². The lowest BCUT2D eigenvalue weighted by Gasteiger charge is -2.69. The molecule has 11 atom stereocenters. The van der Waals surface area contributed by atoms with Crippen molar-refractivity contribution in [1.82, 2.24) is 0 Å². The molecule has 5 spiro atoms. The van der Waals surface area contributed by atoms with Crippen LogP contribution in [0.4, 0.5) is 0 Å². The maximum atomic E-state index is 13.0. The number of aliphatic hydroxyl groups excluding tert-OH is 2. The summed E-state index contributed by atoms with van der Waals surface area (Å²) in [5.41, 5.74) is 33.4. The molecule has 0 saturated heterocycles. The molecular weight excluding hydrogens is 837 g/mol. The molecule has 0 aromatic heterocycles. The molecule has 3 saturated carbocycles. The lowest BCUT2D eigenvalue weighted by molar-refractivity contribution is -0.0989. The van der Waals surface area contributed by atoms with Gasteiger partial charge in [0.05, 0.1) is 17.6 Å². The number of benzene rings is 11. The molecule has 0 bridgehead atoms. The number of allylic oxidation sites excluding steroid dienone is 2. The van der Waals surface area contributed by atoms with Gasteiger partial charge in [0.2, 0.25) is 0 Å². The fraction of sp³-hybridized carbons (Fsp3) is 0.284. The zero-order chi connectivity index (χ0) is 41.3. The average molecular weight is 861 g/mol. The standard InChI is InChI=1S/C67H24O2/c68-9-1-3-63-8-13-17-15-11-5-12-16-14(11)18-21-19(15)38-40(17)56-52-53-57-50-39-37-30-32-26-25-24-23(20(16)31(25)41-42(32)55(66(63,7-9)54(12)41)49(37)51(50)62(63)65(13)6-10(69)2-4-64(56,57)65)22(18)27-33(21)45-47(38)60(52)67-58(45)43-34(27)28(24)35-29(26)36(30)46(48(39)61(53)67)59(67)44(35)43/h9-10,31,41,51,62,68-69H,1-8H2. The van der Waals surface area contributed by atoms with Crippen LogP contribution < -0.4 is 5.22 Å². The van der Waals surface area contributed by atoms with E-state index >= 15 is 0 Å². The maximum Gasteiger partial charge on any atom is 0.0751 e. The molecule has 69 heavy (non-hydrogen) atoms. The van der Waals surface area contributed by atoms with Crippen LogP contribution in [0.25, 0.3) is 173 Å². The van der Waals surface area contributed by atoms with Gasteiger partial charge >= 0.3 is 0 Å². The molecule has 32 rings (SSSR count). The van der Waals surface area contributed by atoms with Crippen LogP contribution in [0.15, 0.2) is 5.57 Å². The van der Waals surface area contributed by atoms with Gasteiger partial charge in [0, 0.05) is 34.0 Å². The van der Waals surface area contributed by atoms with Crippen molar-refractivity contribution in [3.05, 3.63) is 88.7 Å². The van der Waals surface area contributed by atoms with Crippen molar-refractivity contribution in [1.29, 1.82) is 0 Å². The van der Waals surface area contributed by atoms with Gasteiger partial charge in [-0.3, -0.25) is 0 Å². The second-order valence-corrected chi connectivity index (χ2v) is 28.3. The molecule has 17 aliphatic rings. The van der Waals surface area contributed by atoms with Gasteiger partial charge in [-0.05, 0) is 319 Å². The second-order valence-electron chi connectivity index (χ2n) is 28.3. The molecule has 2 nitrogen and oxygen atoms in total. The quantitative estimate of drug-likeness (QED) is 0.149. The van der Waals surface area contributed by atoms with Crippen molar-refractivity contribution in [2.24, 2.45) is 16.7 Å². The first-order chi connectivity index (χ1) is 34.1. The Morgan fingerprint density at radius 1 is 0.391 bits per heavy atom. The molecule has 17 aliphatic carbocycles. The predicted molar refractivity (Wildman–Crippen MR) is 270 cm³/mol. The SMILES string of the molecule is OC1CCC23CC4=c5c6c7c8c9c%10c%11c%12c%13c%14c%15c%16c%17c(c-8c8c%18c%17c%17c(c%19c%20c%21c%22c%23c%24c%25c%26c%27c%28c(c5c(c6%10)c5c%28c%25c(c%13c%24c%14c%22c%16c%17%21)c%115)CC%27=C(C%20C%23%26)C%192C1)C%18C3C41CC(O)CCC871)C9%15%12. The van der Waals surface area contributed by atoms with Crippen LogP contribution in [0.1, 0.15) is 141 Å². The molecule has 0 radical (unpaired) electrons. The van der Waals surface area contributed by atoms with Gasteiger partial charge in [-0.15, -0.1) is 0 Å². The fourth-order valence-electron chi connectivity index (χ4n) is 29.8. The van der Waals surface area contributed by atoms with Crippen LogP contribution in [0.3, 0.4) is 0 Å². The van der Waals surface area contributed by atoms with Crippen LogP contribution in [-0.2, 0) is 22.7 Å². The van der Waals surface area contributed by atoms with E-state index in [2.05, 4.69) is 0 Å². The third-order valence-electron chi connectivity index (χ3n) is 29.0. The maximum absolute atomic E-state index is 13.0. The molecule has 0 heterocycles. The largest absolute Gasteiger partial charge is 0.393 e. The highest BCUT2D eigenvalue weighted by Gasteiger charge is 2.86. The van der Waals surface area contributed by atoms with Gasteiger partial charge in [-0.2, -0.15) is 0 Å². The Hall–Kier alpha value is -6.32. The van der Waals surface area contributed by atoms with Crippen molar-refractivity contribution < 1.29 is 10.2 Å². The number of hydrogen-bond donors (Lipinski definition) is 2. The summed E-state index contributed by atoms with van der Waals surface area (Å²) in [6.07, 6.45) is 7.56. The summed E-state index contributed by atoms with van der Waals surface area (Å²) in [5, 5.41) is 75.8. The van der Waals surface area contributed by atoms with E-state index in [1.807, 2.05) is 44.5 Å². The molecule has 15 aromatic carbocycles. The van der Waals surface area contributed by atoms with Crippen LogP contribution in [0, 0.1) is 16.7 Å². The highest BCUT2D eigenvalue weighted by Crippen LogP contribution is 2.96. The summed E-state index contributed by atoms with van der Waals surface area (Å²) in [7, 11) is 0. The summed E-state index contributed by atoms with van der Waals surface area (Å²) in [6, 6.07) is 0. The van der Waals surface area contributed by atoms with Gasteiger partial charge in [0.15, 0.2) is 0 Å². The first-order valence-corrected chi connectivity index (χ1v) is 27.5. The molecule has 0 aliphatic heterocycles. The van der Waals surface area contributed by atoms with Crippen LogP contribution in [0.2, 0.25) is 0 Å². The molecule has 0 amide bonds. The Balaban J connectivity index is 1.14. The van der Waals surface area contributed by atoms with E-state index in [1.54, 1.807) is 217 Å². The number of aliphatic hydroxyl groups is 2. The third kappa shape index (κ3) is 1.42. The van der Waals surface area contributed by atoms with Gasteiger partial charge < -0.3 is 10.2 Å². The summed E-state index contributed by atoms with van der Waals surface area (Å²) in [6.45, 7) is 0. The van der Waals surface area contributed by atoms with E-state index in [1.165, 1.54) is 6.42 Å². The zero-order valence-electron chi connectivity index (χ0n) is 36.5. The van der Waals surface area contributed by atoms with Crippen molar-refractivity contribution in [3.8, 4) is 11.1 Å². The Morgan fingerprint density at radius 2 is 0.942 bits per heavy atom. The molecule has 11 unspecified atom stereocenters. The Morgan fingerprint density at radius 3 is 1.72 bits per heavy atom. The summed E-state index contributed by atoms with van der Waals surface area (Å²) in [5.74, 6) is 1.50. The number of rotatable bonds is 0. The van der Waals surface area contributed by atoms with E-state index in [0.29, 0.717) is 23.7 Å². The van der Waals surface area contributed by atoms with Gasteiger partial charge in [-0.25, -0.2) is 0 Å². The topological polar surface area (TPSA) is 40.5 Å². The fourth-order valence-corrected chi connectivity index (χ4v) is 29.8. The zero-order valence-corrected chi connectivity index (χ0v) is 36.5. The highest BCUT2D eigenvalue weighted by molar-refractivity contribution is 6.67. The van der Waals surface area contributed by atoms with Crippen LogP contribution in [-0.4, -0.2) is 22.4 Å². The van der Waals surface area contributed by atoms with E-state index in [4.69, 9.17) is 0 Å². The van der Waals surface area contributed by atoms with Crippen molar-refractivity contribution in [2.45, 2.75) is 97.6 Å². The third-order valence-corrected chi connectivity index (χ3v) is 29.0. The second kappa shape index (κ2) is 6.05. The first-order valence-electron chi connectivity index (χ1n) is 27.5. The smallest absolute Gasteiger partial charge is 0.0751 e. The molecule has 2 heteroatoms. The minimum Gasteiger partial charge on any atom is -0.393 e. The lowest BCUT2D eigenvalue weighted by atomic mass is 9.33. The van der Waals surface area contributed by atoms with Crippen molar-refractivity contribution in [3.63, 3.8) is 0 Å². The molecule has 15 aromatic rings. The average Bonchev–Trinajstić information content (AvgIpc) is 4.24. The van der Waals surface area contributed by atoms with Crippen molar-refractivity contribution in [2.75, 3.05) is 0 Å². The summed E-state index contributed by atoms with van der Waals surface area (Å²) in [4.78, 5) is 0. The Labute approximate surface area is 384 Å². The Kier molecular flexibility index (Phi) is 2.38. The highest BCUT2D eigenvalue weighted by atomic mass is 16.3. The molecule has 304 valence electrons. The van der Waals surface area contributed by atoms with Crippen LogP contribution >= 0.6 is 0 Å². The number of fused-ring (bicyclic) bond motifs is 2. The molecule has 2 N–H and O–H groups in total. The van der Waals surface area contributed by atoms with E-state index < -0.39 is 0 Å². The van der Waals surface area contributed by atoms with E-state index in [9.17, 15) is 10.2 Å². The number of hydrogen-bond acceptors (Lipinski definition) is 2. The van der Waals surface area contributed by atoms with E-state index in [0.717, 1.165) is 44.9 Å². The molecule has 3 fully saturated rings. The minimum atomic E-state index is -0.298. The van der Waals surface area contributed by atoms with Gasteiger partial charge in [-0.1, -0.05) is 5.57 Å². The van der Waals surface area contributed by atoms with Crippen molar-refractivity contribution >= 4 is 162 Å². The monoisotopic (exact) mass is 860 g/mol.